The molecule has 1 aromatic heterocycles. The van der Waals surface area contributed by atoms with Crippen LogP contribution in [0.2, 0.25) is 0 Å². The molecule has 2 aromatic rings. The van der Waals surface area contributed by atoms with Gasteiger partial charge in [0.2, 0.25) is 5.91 Å². The van der Waals surface area contributed by atoms with E-state index in [0.29, 0.717) is 42.2 Å². The van der Waals surface area contributed by atoms with Crippen LogP contribution in [0.1, 0.15) is 53.2 Å². The number of amides is 2. The molecule has 1 fully saturated rings. The van der Waals surface area contributed by atoms with Crippen molar-refractivity contribution in [1.29, 1.82) is 0 Å². The zero-order chi connectivity index (χ0) is 19.8. The van der Waals surface area contributed by atoms with Gasteiger partial charge in [-0.2, -0.15) is 0 Å². The minimum atomic E-state index is -0.403. The summed E-state index contributed by atoms with van der Waals surface area (Å²) in [5.41, 5.74) is 1.26. The number of hydrogen-bond acceptors (Lipinski definition) is 4. The van der Waals surface area contributed by atoms with Crippen molar-refractivity contribution in [2.75, 3.05) is 13.1 Å². The SMILES string of the molecule is CC(=O)N1CCCC1c1nc2c(c(=O)[nH]1)CN(C(=O)c1ccc(F)cc1)CC2. The second-order valence-electron chi connectivity index (χ2n) is 7.23. The minimum absolute atomic E-state index is 0.0288. The minimum Gasteiger partial charge on any atom is -0.334 e. The van der Waals surface area contributed by atoms with Crippen LogP contribution in [0.15, 0.2) is 29.1 Å². The Kier molecular flexibility index (Phi) is 4.70. The number of hydrogen-bond donors (Lipinski definition) is 1. The van der Waals surface area contributed by atoms with Gasteiger partial charge in [-0.05, 0) is 37.1 Å². The monoisotopic (exact) mass is 384 g/mol. The predicted molar refractivity (Wildman–Crippen MR) is 99.1 cm³/mol. The van der Waals surface area contributed by atoms with Crippen molar-refractivity contribution in [3.8, 4) is 0 Å². The third kappa shape index (κ3) is 3.30. The van der Waals surface area contributed by atoms with Gasteiger partial charge in [0.1, 0.15) is 11.6 Å². The Bertz CT molecular complexity index is 986. The third-order valence-corrected chi connectivity index (χ3v) is 5.44. The fourth-order valence-corrected chi connectivity index (χ4v) is 3.98. The van der Waals surface area contributed by atoms with Crippen molar-refractivity contribution >= 4 is 11.8 Å². The van der Waals surface area contributed by atoms with Gasteiger partial charge < -0.3 is 14.8 Å². The molecular formula is C20H21FN4O3. The Balaban J connectivity index is 1.58. The van der Waals surface area contributed by atoms with E-state index >= 15 is 0 Å². The van der Waals surface area contributed by atoms with E-state index in [4.69, 9.17) is 0 Å². The Labute approximate surface area is 161 Å². The highest BCUT2D eigenvalue weighted by atomic mass is 19.1. The fraction of sp³-hybridized carbons (Fsp3) is 0.400. The van der Waals surface area contributed by atoms with Gasteiger partial charge >= 0.3 is 0 Å². The van der Waals surface area contributed by atoms with Gasteiger partial charge in [-0.1, -0.05) is 0 Å². The van der Waals surface area contributed by atoms with E-state index in [-0.39, 0.29) is 30.0 Å². The number of fused-ring (bicyclic) bond motifs is 1. The number of H-pyrrole nitrogens is 1. The molecule has 2 amide bonds. The number of likely N-dealkylation sites (tertiary alicyclic amines) is 1. The number of carbonyl (C=O) groups excluding carboxylic acids is 2. The predicted octanol–water partition coefficient (Wildman–Crippen LogP) is 1.79. The standard InChI is InChI=1S/C20H21FN4O3/c1-12(26)25-9-2-3-17(25)18-22-16-8-10-24(11-15(16)19(27)23-18)20(28)13-4-6-14(21)7-5-13/h4-7,17H,2-3,8-11H2,1H3,(H,22,23,27). The third-order valence-electron chi connectivity index (χ3n) is 5.44. The number of aromatic amines is 1. The molecule has 1 atom stereocenters. The number of halogens is 1. The number of benzene rings is 1. The second kappa shape index (κ2) is 7.18. The molecule has 1 saturated heterocycles. The molecule has 8 heteroatoms. The lowest BCUT2D eigenvalue weighted by molar-refractivity contribution is -0.129. The summed E-state index contributed by atoms with van der Waals surface area (Å²) in [7, 11) is 0. The van der Waals surface area contributed by atoms with Gasteiger partial charge in [0.25, 0.3) is 11.5 Å². The number of rotatable bonds is 2. The van der Waals surface area contributed by atoms with Crippen LogP contribution in [0.4, 0.5) is 4.39 Å². The molecule has 146 valence electrons. The number of nitrogens with one attached hydrogen (secondary N) is 1. The largest absolute Gasteiger partial charge is 0.334 e. The first-order valence-electron chi connectivity index (χ1n) is 9.38. The lowest BCUT2D eigenvalue weighted by atomic mass is 10.0. The van der Waals surface area contributed by atoms with Crippen LogP contribution in [0.3, 0.4) is 0 Å². The van der Waals surface area contributed by atoms with Crippen molar-refractivity contribution in [1.82, 2.24) is 19.8 Å². The van der Waals surface area contributed by atoms with Crippen LogP contribution in [0, 0.1) is 5.82 Å². The zero-order valence-electron chi connectivity index (χ0n) is 15.6. The normalized spacial score (nSPS) is 18.9. The highest BCUT2D eigenvalue weighted by Crippen LogP contribution is 2.30. The summed E-state index contributed by atoms with van der Waals surface area (Å²) in [5, 5.41) is 0. The van der Waals surface area contributed by atoms with Gasteiger partial charge in [-0.15, -0.1) is 0 Å². The Morgan fingerprint density at radius 1 is 1.21 bits per heavy atom. The number of aromatic nitrogens is 2. The summed E-state index contributed by atoms with van der Waals surface area (Å²) in [6.07, 6.45) is 2.12. The average molecular weight is 384 g/mol. The highest BCUT2D eigenvalue weighted by Gasteiger charge is 2.32. The first kappa shape index (κ1) is 18.3. The van der Waals surface area contributed by atoms with Crippen molar-refractivity contribution in [2.45, 2.75) is 38.8 Å². The van der Waals surface area contributed by atoms with Gasteiger partial charge in [0.05, 0.1) is 23.8 Å². The number of nitrogens with zero attached hydrogens (tertiary/aromatic N) is 3. The summed E-state index contributed by atoms with van der Waals surface area (Å²) in [5.74, 6) is -0.151. The lowest BCUT2D eigenvalue weighted by Crippen LogP contribution is -2.40. The van der Waals surface area contributed by atoms with Gasteiger partial charge in [-0.3, -0.25) is 14.4 Å². The van der Waals surface area contributed by atoms with Crippen LogP contribution in [-0.2, 0) is 17.8 Å². The van der Waals surface area contributed by atoms with E-state index in [9.17, 15) is 18.8 Å². The van der Waals surface area contributed by atoms with Crippen LogP contribution in [0.5, 0.6) is 0 Å². The second-order valence-corrected chi connectivity index (χ2v) is 7.23. The van der Waals surface area contributed by atoms with E-state index in [1.807, 2.05) is 0 Å². The Morgan fingerprint density at radius 3 is 2.68 bits per heavy atom. The lowest BCUT2D eigenvalue weighted by Gasteiger charge is -2.29. The van der Waals surface area contributed by atoms with Crippen LogP contribution < -0.4 is 5.56 Å². The topological polar surface area (TPSA) is 86.4 Å². The molecule has 0 bridgehead atoms. The highest BCUT2D eigenvalue weighted by molar-refractivity contribution is 5.94. The molecule has 1 aromatic carbocycles. The number of carbonyl (C=O) groups is 2. The molecule has 28 heavy (non-hydrogen) atoms. The maximum atomic E-state index is 13.1. The zero-order valence-corrected chi connectivity index (χ0v) is 15.6. The van der Waals surface area contributed by atoms with E-state index in [1.54, 1.807) is 9.80 Å². The molecule has 7 nitrogen and oxygen atoms in total. The van der Waals surface area contributed by atoms with E-state index in [1.165, 1.54) is 31.2 Å². The summed E-state index contributed by atoms with van der Waals surface area (Å²) in [4.78, 5) is 47.9. The van der Waals surface area contributed by atoms with Crippen molar-refractivity contribution in [3.63, 3.8) is 0 Å². The van der Waals surface area contributed by atoms with E-state index in [2.05, 4.69) is 9.97 Å². The first-order chi connectivity index (χ1) is 13.4. The summed E-state index contributed by atoms with van der Waals surface area (Å²) >= 11 is 0. The molecule has 1 N–H and O–H groups in total. The molecule has 2 aliphatic rings. The fourth-order valence-electron chi connectivity index (χ4n) is 3.98. The molecule has 0 spiro atoms. The van der Waals surface area contributed by atoms with Crippen molar-refractivity contribution < 1.29 is 14.0 Å². The van der Waals surface area contributed by atoms with Crippen molar-refractivity contribution in [3.05, 3.63) is 63.1 Å². The van der Waals surface area contributed by atoms with Crippen LogP contribution in [-0.4, -0.2) is 44.7 Å². The van der Waals surface area contributed by atoms with Crippen LogP contribution >= 0.6 is 0 Å². The summed E-state index contributed by atoms with van der Waals surface area (Å²) in [6, 6.07) is 5.17. The van der Waals surface area contributed by atoms with Gasteiger partial charge in [0, 0.05) is 32.0 Å². The van der Waals surface area contributed by atoms with Gasteiger partial charge in [-0.25, -0.2) is 9.37 Å². The molecule has 2 aliphatic heterocycles. The molecule has 0 saturated carbocycles. The summed E-state index contributed by atoms with van der Waals surface area (Å²) < 4.78 is 13.1. The molecule has 0 radical (unpaired) electrons. The quantitative estimate of drug-likeness (QED) is 0.855. The Morgan fingerprint density at radius 2 is 1.96 bits per heavy atom. The maximum absolute atomic E-state index is 13.1. The van der Waals surface area contributed by atoms with E-state index < -0.39 is 5.82 Å². The Hall–Kier alpha value is -3.03. The van der Waals surface area contributed by atoms with Crippen LogP contribution in [0.25, 0.3) is 0 Å². The molecule has 4 rings (SSSR count). The first-order valence-corrected chi connectivity index (χ1v) is 9.38. The average Bonchev–Trinajstić information content (AvgIpc) is 3.18. The molecule has 0 aliphatic carbocycles. The molecule has 1 unspecified atom stereocenters. The summed E-state index contributed by atoms with van der Waals surface area (Å²) in [6.45, 7) is 2.78. The van der Waals surface area contributed by atoms with Crippen molar-refractivity contribution in [2.24, 2.45) is 0 Å². The smallest absolute Gasteiger partial charge is 0.256 e. The molecule has 3 heterocycles. The molecular weight excluding hydrogens is 363 g/mol. The van der Waals surface area contributed by atoms with Gasteiger partial charge in [0.15, 0.2) is 0 Å². The van der Waals surface area contributed by atoms with E-state index in [0.717, 1.165) is 12.8 Å². The maximum Gasteiger partial charge on any atom is 0.256 e.